The molecule has 3 atom stereocenters. The van der Waals surface area contributed by atoms with E-state index in [0.29, 0.717) is 11.6 Å². The highest BCUT2D eigenvalue weighted by molar-refractivity contribution is 6.31. The summed E-state index contributed by atoms with van der Waals surface area (Å²) in [5.74, 6) is 0.772. The molecule has 1 aliphatic heterocycles. The van der Waals surface area contributed by atoms with Crippen molar-refractivity contribution in [3.63, 3.8) is 0 Å². The van der Waals surface area contributed by atoms with Crippen LogP contribution in [-0.4, -0.2) is 24.4 Å². The molecule has 5 heteroatoms. The van der Waals surface area contributed by atoms with E-state index in [4.69, 9.17) is 26.8 Å². The van der Waals surface area contributed by atoms with Crippen LogP contribution < -0.4 is 10.5 Å². The van der Waals surface area contributed by atoms with Gasteiger partial charge >= 0.3 is 0 Å². The van der Waals surface area contributed by atoms with Crippen molar-refractivity contribution in [1.29, 1.82) is 0 Å². The monoisotopic (exact) mass is 347 g/mol. The van der Waals surface area contributed by atoms with Gasteiger partial charge in [-0.05, 0) is 41.8 Å². The van der Waals surface area contributed by atoms with Crippen molar-refractivity contribution in [1.82, 2.24) is 0 Å². The van der Waals surface area contributed by atoms with Gasteiger partial charge in [0.2, 0.25) is 0 Å². The highest BCUT2D eigenvalue weighted by Crippen LogP contribution is 2.30. The number of hydrogen-bond donors (Lipinski definition) is 2. The van der Waals surface area contributed by atoms with Crippen LogP contribution in [0.3, 0.4) is 0 Å². The molecule has 4 nitrogen and oxygen atoms in total. The fraction of sp³-hybridized carbons (Fsp3) is 0.368. The molecule has 3 rings (SSSR count). The molecule has 1 unspecified atom stereocenters. The minimum Gasteiger partial charge on any atom is -0.488 e. The Morgan fingerprint density at radius 1 is 1.21 bits per heavy atom. The molecular formula is C19H22ClNO3. The minimum absolute atomic E-state index is 0.109. The molecule has 2 aromatic carbocycles. The van der Waals surface area contributed by atoms with Gasteiger partial charge in [-0.15, -0.1) is 0 Å². The first-order chi connectivity index (χ1) is 11.5. The first kappa shape index (κ1) is 17.2. The molecule has 1 heterocycles. The van der Waals surface area contributed by atoms with Crippen molar-refractivity contribution < 1.29 is 14.6 Å². The number of aliphatic hydroxyl groups excluding tert-OH is 1. The Balaban J connectivity index is 1.69. The summed E-state index contributed by atoms with van der Waals surface area (Å²) in [5, 5.41) is 11.2. The number of ether oxygens (including phenoxy) is 2. The van der Waals surface area contributed by atoms with Crippen LogP contribution in [0.15, 0.2) is 42.5 Å². The van der Waals surface area contributed by atoms with E-state index in [2.05, 4.69) is 0 Å². The molecule has 0 saturated carbocycles. The van der Waals surface area contributed by atoms with E-state index >= 15 is 0 Å². The molecule has 0 radical (unpaired) electrons. The zero-order valence-corrected chi connectivity index (χ0v) is 14.4. The van der Waals surface area contributed by atoms with Crippen molar-refractivity contribution in [3.8, 4) is 5.75 Å². The fourth-order valence-electron chi connectivity index (χ4n) is 2.75. The third-order valence-electron chi connectivity index (χ3n) is 4.33. The van der Waals surface area contributed by atoms with Crippen LogP contribution in [-0.2, 0) is 4.74 Å². The number of aryl methyl sites for hydroxylation is 1. The van der Waals surface area contributed by atoms with Crippen LogP contribution in [0.1, 0.15) is 35.3 Å². The van der Waals surface area contributed by atoms with E-state index < -0.39 is 12.1 Å². The van der Waals surface area contributed by atoms with Crippen LogP contribution in [0.5, 0.6) is 5.75 Å². The van der Waals surface area contributed by atoms with Crippen molar-refractivity contribution >= 4 is 11.6 Å². The maximum atomic E-state index is 10.5. The van der Waals surface area contributed by atoms with Gasteiger partial charge in [-0.25, -0.2) is 0 Å². The van der Waals surface area contributed by atoms with Gasteiger partial charge in [-0.2, -0.15) is 0 Å². The summed E-state index contributed by atoms with van der Waals surface area (Å²) in [6.07, 6.45) is 0.203. The van der Waals surface area contributed by atoms with E-state index in [1.807, 2.05) is 49.4 Å². The smallest absolute Gasteiger partial charge is 0.124 e. The van der Waals surface area contributed by atoms with Crippen LogP contribution in [0.25, 0.3) is 0 Å². The third-order valence-corrected chi connectivity index (χ3v) is 4.74. The van der Waals surface area contributed by atoms with Crippen molar-refractivity contribution in [2.24, 2.45) is 5.73 Å². The van der Waals surface area contributed by atoms with Crippen LogP contribution in [0, 0.1) is 6.92 Å². The van der Waals surface area contributed by atoms with E-state index in [1.165, 1.54) is 0 Å². The highest BCUT2D eigenvalue weighted by atomic mass is 35.5. The molecule has 128 valence electrons. The normalized spacial score (nSPS) is 19.9. The lowest BCUT2D eigenvalue weighted by molar-refractivity contribution is 0.140. The predicted molar refractivity (Wildman–Crippen MR) is 94.4 cm³/mol. The molecule has 0 spiro atoms. The lowest BCUT2D eigenvalue weighted by atomic mass is 9.96. The third kappa shape index (κ3) is 3.90. The average molecular weight is 348 g/mol. The molecule has 3 N–H and O–H groups in total. The SMILES string of the molecule is Cc1ccc([C@H](N)[C@H](O)c2ccc(OC3CCOC3)cc2)cc1Cl. The number of benzene rings is 2. The van der Waals surface area contributed by atoms with Crippen LogP contribution >= 0.6 is 11.6 Å². The molecule has 0 aromatic heterocycles. The molecule has 24 heavy (non-hydrogen) atoms. The van der Waals surface area contributed by atoms with Gasteiger partial charge in [0.1, 0.15) is 11.9 Å². The Bertz CT molecular complexity index is 684. The quantitative estimate of drug-likeness (QED) is 0.868. The molecule has 1 saturated heterocycles. The van der Waals surface area contributed by atoms with Crippen LogP contribution in [0.4, 0.5) is 0 Å². The first-order valence-electron chi connectivity index (χ1n) is 8.08. The van der Waals surface area contributed by atoms with Gasteiger partial charge in [0.15, 0.2) is 0 Å². The first-order valence-corrected chi connectivity index (χ1v) is 8.46. The number of hydrogen-bond acceptors (Lipinski definition) is 4. The second kappa shape index (κ2) is 7.53. The Morgan fingerprint density at radius 2 is 1.92 bits per heavy atom. The Morgan fingerprint density at radius 3 is 2.54 bits per heavy atom. The Labute approximate surface area is 147 Å². The second-order valence-electron chi connectivity index (χ2n) is 6.15. The molecule has 0 bridgehead atoms. The van der Waals surface area contributed by atoms with Gasteiger partial charge in [-0.1, -0.05) is 35.9 Å². The number of halogens is 1. The molecule has 0 amide bonds. The highest BCUT2D eigenvalue weighted by Gasteiger charge is 2.20. The topological polar surface area (TPSA) is 64.7 Å². The van der Waals surface area contributed by atoms with Crippen molar-refractivity contribution in [2.45, 2.75) is 31.6 Å². The van der Waals surface area contributed by atoms with Gasteiger partial charge in [-0.3, -0.25) is 0 Å². The van der Waals surface area contributed by atoms with E-state index in [1.54, 1.807) is 0 Å². The van der Waals surface area contributed by atoms with Crippen molar-refractivity contribution in [3.05, 3.63) is 64.2 Å². The lowest BCUT2D eigenvalue weighted by Crippen LogP contribution is -2.20. The number of rotatable bonds is 5. The minimum atomic E-state index is -0.812. The van der Waals surface area contributed by atoms with Crippen LogP contribution in [0.2, 0.25) is 5.02 Å². The van der Waals surface area contributed by atoms with E-state index in [-0.39, 0.29) is 6.10 Å². The molecule has 1 aliphatic rings. The standard InChI is InChI=1S/C19H22ClNO3/c1-12-2-3-14(10-17(12)20)18(21)19(22)13-4-6-15(7-5-13)24-16-8-9-23-11-16/h2-7,10,16,18-19,22H,8-9,11,21H2,1H3/t16?,18-,19+/m0/s1. The number of aliphatic hydroxyl groups is 1. The predicted octanol–water partition coefficient (Wildman–Crippen LogP) is 3.55. The van der Waals surface area contributed by atoms with Gasteiger partial charge in [0, 0.05) is 11.4 Å². The zero-order chi connectivity index (χ0) is 17.1. The fourth-order valence-corrected chi connectivity index (χ4v) is 2.94. The van der Waals surface area contributed by atoms with Gasteiger partial charge in [0.05, 0.1) is 25.4 Å². The summed E-state index contributed by atoms with van der Waals surface area (Å²) in [7, 11) is 0. The van der Waals surface area contributed by atoms with Crippen molar-refractivity contribution in [2.75, 3.05) is 13.2 Å². The average Bonchev–Trinajstić information content (AvgIpc) is 3.10. The summed E-state index contributed by atoms with van der Waals surface area (Å²) in [6, 6.07) is 12.5. The summed E-state index contributed by atoms with van der Waals surface area (Å²) in [6.45, 7) is 3.31. The zero-order valence-electron chi connectivity index (χ0n) is 13.6. The number of nitrogens with two attached hydrogens (primary N) is 1. The molecule has 1 fully saturated rings. The summed E-state index contributed by atoms with van der Waals surface area (Å²) in [5.41, 5.74) is 8.74. The lowest BCUT2D eigenvalue weighted by Gasteiger charge is -2.21. The Hall–Kier alpha value is -1.59. The van der Waals surface area contributed by atoms with Gasteiger partial charge in [0.25, 0.3) is 0 Å². The van der Waals surface area contributed by atoms with E-state index in [9.17, 15) is 5.11 Å². The summed E-state index contributed by atoms with van der Waals surface area (Å²) >= 11 is 6.15. The summed E-state index contributed by atoms with van der Waals surface area (Å²) in [4.78, 5) is 0. The summed E-state index contributed by atoms with van der Waals surface area (Å²) < 4.78 is 11.1. The maximum Gasteiger partial charge on any atom is 0.124 e. The Kier molecular flexibility index (Phi) is 5.41. The maximum absolute atomic E-state index is 10.5. The van der Waals surface area contributed by atoms with E-state index in [0.717, 1.165) is 35.5 Å². The van der Waals surface area contributed by atoms with Gasteiger partial charge < -0.3 is 20.3 Å². The largest absolute Gasteiger partial charge is 0.488 e. The molecular weight excluding hydrogens is 326 g/mol. The molecule has 0 aliphatic carbocycles. The molecule has 2 aromatic rings. The second-order valence-corrected chi connectivity index (χ2v) is 6.56.